The second-order valence-corrected chi connectivity index (χ2v) is 5.71. The fourth-order valence-corrected chi connectivity index (χ4v) is 1.39. The molecule has 0 aliphatic heterocycles. The maximum atomic E-state index is 12.9. The van der Waals surface area contributed by atoms with Crippen molar-refractivity contribution in [1.82, 2.24) is 5.32 Å². The minimum absolute atomic E-state index is 0.127. The van der Waals surface area contributed by atoms with Crippen LogP contribution in [0, 0.1) is 17.2 Å². The molecular weight excluding hydrogens is 231 g/mol. The predicted molar refractivity (Wildman–Crippen MR) is 71.8 cm³/mol. The van der Waals surface area contributed by atoms with Gasteiger partial charge in [-0.3, -0.25) is 4.79 Å². The quantitative estimate of drug-likeness (QED) is 0.813. The molecule has 1 rings (SSSR count). The Morgan fingerprint density at radius 2 is 2.06 bits per heavy atom. The lowest BCUT2D eigenvalue weighted by molar-refractivity contribution is 0.0938. The first-order chi connectivity index (χ1) is 8.21. The fraction of sp³-hybridized carbons (Fsp3) is 0.500. The van der Waals surface area contributed by atoms with Crippen molar-refractivity contribution in [2.24, 2.45) is 11.3 Å². The maximum absolute atomic E-state index is 12.9. The highest BCUT2D eigenvalue weighted by atomic mass is 19.1. The molecule has 1 amide bonds. The lowest BCUT2D eigenvalue weighted by Gasteiger charge is -2.27. The number of hydrogen-bond acceptors (Lipinski definition) is 2. The number of halogens is 1. The van der Waals surface area contributed by atoms with Crippen LogP contribution < -0.4 is 11.1 Å². The van der Waals surface area contributed by atoms with Crippen LogP contribution in [0.1, 0.15) is 38.1 Å². The number of benzene rings is 1. The first-order valence-corrected chi connectivity index (χ1v) is 6.05. The number of carbonyl (C=O) groups excluding carboxylic acids is 1. The number of nitrogens with two attached hydrogens (primary N) is 1. The van der Waals surface area contributed by atoms with Crippen LogP contribution in [0.5, 0.6) is 0 Å². The predicted octanol–water partition coefficient (Wildman–Crippen LogP) is 2.82. The lowest BCUT2D eigenvalue weighted by Crippen LogP contribution is -2.34. The summed E-state index contributed by atoms with van der Waals surface area (Å²) in [4.78, 5) is 11.9. The van der Waals surface area contributed by atoms with Crippen LogP contribution in [0.3, 0.4) is 0 Å². The molecular formula is C14H21FN2O. The summed E-state index contributed by atoms with van der Waals surface area (Å²) in [5, 5.41) is 2.82. The van der Waals surface area contributed by atoms with Crippen molar-refractivity contribution in [2.45, 2.75) is 27.7 Å². The minimum atomic E-state index is -0.438. The number of rotatable bonds is 3. The van der Waals surface area contributed by atoms with Crippen molar-refractivity contribution < 1.29 is 9.18 Å². The fourth-order valence-electron chi connectivity index (χ4n) is 1.39. The molecule has 18 heavy (non-hydrogen) atoms. The zero-order valence-electron chi connectivity index (χ0n) is 11.4. The topological polar surface area (TPSA) is 55.1 Å². The van der Waals surface area contributed by atoms with Gasteiger partial charge in [-0.05, 0) is 29.5 Å². The molecule has 0 fully saturated rings. The van der Waals surface area contributed by atoms with E-state index in [-0.39, 0.29) is 17.0 Å². The lowest BCUT2D eigenvalue weighted by atomic mass is 9.82. The number of anilines is 1. The van der Waals surface area contributed by atoms with Crippen LogP contribution in [0.25, 0.3) is 0 Å². The Balaban J connectivity index is 2.66. The SMILES string of the molecule is CC(CNC(=O)c1ccc(F)cc1N)C(C)(C)C. The van der Waals surface area contributed by atoms with E-state index < -0.39 is 5.82 Å². The van der Waals surface area contributed by atoms with Crippen LogP contribution in [0.4, 0.5) is 10.1 Å². The molecule has 1 aromatic carbocycles. The monoisotopic (exact) mass is 252 g/mol. The molecule has 0 saturated heterocycles. The molecule has 0 aliphatic carbocycles. The molecule has 0 bridgehead atoms. The summed E-state index contributed by atoms with van der Waals surface area (Å²) in [5.74, 6) is -0.362. The van der Waals surface area contributed by atoms with E-state index in [1.807, 2.05) is 0 Å². The van der Waals surface area contributed by atoms with Crippen LogP contribution in [0.2, 0.25) is 0 Å². The Morgan fingerprint density at radius 3 is 2.56 bits per heavy atom. The molecule has 1 unspecified atom stereocenters. The van der Waals surface area contributed by atoms with Gasteiger partial charge in [0.2, 0.25) is 0 Å². The van der Waals surface area contributed by atoms with Crippen molar-refractivity contribution in [3.63, 3.8) is 0 Å². The molecule has 3 N–H and O–H groups in total. The zero-order chi connectivity index (χ0) is 13.9. The van der Waals surface area contributed by atoms with E-state index in [2.05, 4.69) is 33.0 Å². The smallest absolute Gasteiger partial charge is 0.253 e. The standard InChI is InChI=1S/C14H21FN2O/c1-9(14(2,3)4)8-17-13(18)11-6-5-10(15)7-12(11)16/h5-7,9H,8,16H2,1-4H3,(H,17,18). The molecule has 100 valence electrons. The Hall–Kier alpha value is -1.58. The Bertz CT molecular complexity index is 438. The summed E-state index contributed by atoms with van der Waals surface area (Å²) in [6.45, 7) is 9.01. The summed E-state index contributed by atoms with van der Waals surface area (Å²) < 4.78 is 12.9. The molecule has 0 spiro atoms. The average molecular weight is 252 g/mol. The van der Waals surface area contributed by atoms with Gasteiger partial charge in [-0.2, -0.15) is 0 Å². The van der Waals surface area contributed by atoms with Crippen LogP contribution in [-0.2, 0) is 0 Å². The summed E-state index contributed by atoms with van der Waals surface area (Å²) in [7, 11) is 0. The Kier molecular flexibility index (Phi) is 4.33. The summed E-state index contributed by atoms with van der Waals surface area (Å²) in [5.41, 5.74) is 6.22. The van der Waals surface area contributed by atoms with Crippen molar-refractivity contribution in [1.29, 1.82) is 0 Å². The normalized spacial score (nSPS) is 13.2. The van der Waals surface area contributed by atoms with Crippen LogP contribution in [-0.4, -0.2) is 12.5 Å². The molecule has 4 heteroatoms. The Morgan fingerprint density at radius 1 is 1.44 bits per heavy atom. The van der Waals surface area contributed by atoms with Gasteiger partial charge in [0.15, 0.2) is 0 Å². The molecule has 0 aromatic heterocycles. The zero-order valence-corrected chi connectivity index (χ0v) is 11.4. The second-order valence-electron chi connectivity index (χ2n) is 5.71. The van der Waals surface area contributed by atoms with E-state index in [1.54, 1.807) is 0 Å². The molecule has 0 heterocycles. The number of amides is 1. The molecule has 0 saturated carbocycles. The van der Waals surface area contributed by atoms with Gasteiger partial charge in [0, 0.05) is 12.2 Å². The number of nitrogen functional groups attached to an aromatic ring is 1. The molecule has 1 aromatic rings. The van der Waals surface area contributed by atoms with E-state index in [9.17, 15) is 9.18 Å². The first-order valence-electron chi connectivity index (χ1n) is 6.05. The van der Waals surface area contributed by atoms with Gasteiger partial charge in [0.05, 0.1) is 5.56 Å². The summed E-state index contributed by atoms with van der Waals surface area (Å²) in [6, 6.07) is 3.79. The van der Waals surface area contributed by atoms with Gasteiger partial charge in [-0.25, -0.2) is 4.39 Å². The minimum Gasteiger partial charge on any atom is -0.398 e. The third-order valence-corrected chi connectivity index (χ3v) is 3.31. The largest absolute Gasteiger partial charge is 0.398 e. The number of hydrogen-bond donors (Lipinski definition) is 2. The highest BCUT2D eigenvalue weighted by molar-refractivity contribution is 5.99. The second kappa shape index (κ2) is 5.38. The average Bonchev–Trinajstić information content (AvgIpc) is 2.24. The van der Waals surface area contributed by atoms with Crippen molar-refractivity contribution in [2.75, 3.05) is 12.3 Å². The van der Waals surface area contributed by atoms with E-state index in [1.165, 1.54) is 12.1 Å². The van der Waals surface area contributed by atoms with E-state index >= 15 is 0 Å². The van der Waals surface area contributed by atoms with Gasteiger partial charge in [0.25, 0.3) is 5.91 Å². The molecule has 0 aliphatic rings. The van der Waals surface area contributed by atoms with E-state index in [4.69, 9.17) is 5.73 Å². The summed E-state index contributed by atoms with van der Waals surface area (Å²) in [6.07, 6.45) is 0. The van der Waals surface area contributed by atoms with Gasteiger partial charge in [-0.15, -0.1) is 0 Å². The third-order valence-electron chi connectivity index (χ3n) is 3.31. The first kappa shape index (κ1) is 14.5. The van der Waals surface area contributed by atoms with Gasteiger partial charge < -0.3 is 11.1 Å². The molecule has 1 atom stereocenters. The van der Waals surface area contributed by atoms with Gasteiger partial charge in [-0.1, -0.05) is 27.7 Å². The van der Waals surface area contributed by atoms with Gasteiger partial charge >= 0.3 is 0 Å². The molecule has 3 nitrogen and oxygen atoms in total. The van der Waals surface area contributed by atoms with Gasteiger partial charge in [0.1, 0.15) is 5.82 Å². The van der Waals surface area contributed by atoms with Crippen molar-refractivity contribution >= 4 is 11.6 Å². The van der Waals surface area contributed by atoms with Crippen molar-refractivity contribution in [3.05, 3.63) is 29.6 Å². The van der Waals surface area contributed by atoms with Crippen molar-refractivity contribution in [3.8, 4) is 0 Å². The highest BCUT2D eigenvalue weighted by Gasteiger charge is 2.21. The van der Waals surface area contributed by atoms with Crippen LogP contribution in [0.15, 0.2) is 18.2 Å². The molecule has 0 radical (unpaired) electrons. The number of nitrogens with one attached hydrogen (secondary N) is 1. The summed E-state index contributed by atoms with van der Waals surface area (Å²) >= 11 is 0. The third kappa shape index (κ3) is 3.72. The highest BCUT2D eigenvalue weighted by Crippen LogP contribution is 2.24. The van der Waals surface area contributed by atoms with E-state index in [0.29, 0.717) is 18.0 Å². The number of carbonyl (C=O) groups is 1. The van der Waals surface area contributed by atoms with E-state index in [0.717, 1.165) is 6.07 Å². The Labute approximate surface area is 108 Å². The van der Waals surface area contributed by atoms with Crippen LogP contribution >= 0.6 is 0 Å². The maximum Gasteiger partial charge on any atom is 0.253 e.